The van der Waals surface area contributed by atoms with Crippen molar-refractivity contribution in [2.75, 3.05) is 0 Å². The van der Waals surface area contributed by atoms with Gasteiger partial charge in [-0.1, -0.05) is 31.0 Å². The topological polar surface area (TPSA) is 68.2 Å². The van der Waals surface area contributed by atoms with Crippen molar-refractivity contribution in [3.63, 3.8) is 0 Å². The van der Waals surface area contributed by atoms with Crippen molar-refractivity contribution < 1.29 is 9.90 Å². The minimum absolute atomic E-state index is 0.384. The predicted molar refractivity (Wildman–Crippen MR) is 78.8 cm³/mol. The standard InChI is InChI=1S/C16H20N2O2/c17-14(16(19)20)9-11-10-18(12-5-1-2-6-12)15-8-4-3-7-13(11)15/h3-4,7-8,10,12,14H,1-2,5-6,9,17H2,(H,19,20). The summed E-state index contributed by atoms with van der Waals surface area (Å²) in [7, 11) is 0. The van der Waals surface area contributed by atoms with Gasteiger partial charge in [0.2, 0.25) is 0 Å². The van der Waals surface area contributed by atoms with E-state index in [0.29, 0.717) is 12.5 Å². The predicted octanol–water partition coefficient (Wildman–Crippen LogP) is 2.71. The third-order valence-corrected chi connectivity index (χ3v) is 4.30. The Morgan fingerprint density at radius 2 is 2.05 bits per heavy atom. The van der Waals surface area contributed by atoms with E-state index in [1.54, 1.807) is 0 Å². The van der Waals surface area contributed by atoms with E-state index in [4.69, 9.17) is 10.8 Å². The van der Waals surface area contributed by atoms with Crippen LogP contribution in [0.25, 0.3) is 10.9 Å². The molecular formula is C16H20N2O2. The second-order valence-corrected chi connectivity index (χ2v) is 5.67. The van der Waals surface area contributed by atoms with Crippen LogP contribution in [0.2, 0.25) is 0 Å². The molecule has 4 nitrogen and oxygen atoms in total. The lowest BCUT2D eigenvalue weighted by molar-refractivity contribution is -0.138. The zero-order valence-corrected chi connectivity index (χ0v) is 11.5. The van der Waals surface area contributed by atoms with Crippen LogP contribution in [-0.4, -0.2) is 21.7 Å². The molecule has 1 aromatic carbocycles. The fourth-order valence-electron chi connectivity index (χ4n) is 3.25. The van der Waals surface area contributed by atoms with Crippen molar-refractivity contribution in [1.29, 1.82) is 0 Å². The van der Waals surface area contributed by atoms with E-state index in [2.05, 4.69) is 22.9 Å². The Morgan fingerprint density at radius 1 is 1.35 bits per heavy atom. The van der Waals surface area contributed by atoms with Crippen LogP contribution in [0.3, 0.4) is 0 Å². The van der Waals surface area contributed by atoms with Crippen LogP contribution in [0.15, 0.2) is 30.5 Å². The Hall–Kier alpha value is -1.81. The van der Waals surface area contributed by atoms with Crippen molar-refractivity contribution in [3.05, 3.63) is 36.0 Å². The van der Waals surface area contributed by atoms with E-state index < -0.39 is 12.0 Å². The van der Waals surface area contributed by atoms with Gasteiger partial charge in [0, 0.05) is 29.6 Å². The number of para-hydroxylation sites is 1. The van der Waals surface area contributed by atoms with Gasteiger partial charge in [-0.3, -0.25) is 4.79 Å². The zero-order valence-electron chi connectivity index (χ0n) is 11.5. The van der Waals surface area contributed by atoms with E-state index in [9.17, 15) is 4.79 Å². The summed E-state index contributed by atoms with van der Waals surface area (Å²) in [5, 5.41) is 10.1. The number of carbonyl (C=O) groups is 1. The number of nitrogens with zero attached hydrogens (tertiary/aromatic N) is 1. The normalized spacial score (nSPS) is 17.6. The highest BCUT2D eigenvalue weighted by molar-refractivity contribution is 5.85. The van der Waals surface area contributed by atoms with Crippen molar-refractivity contribution >= 4 is 16.9 Å². The van der Waals surface area contributed by atoms with Crippen LogP contribution < -0.4 is 5.73 Å². The molecule has 1 atom stereocenters. The molecule has 3 N–H and O–H groups in total. The van der Waals surface area contributed by atoms with Crippen LogP contribution in [0.4, 0.5) is 0 Å². The Morgan fingerprint density at radius 3 is 2.75 bits per heavy atom. The molecule has 20 heavy (non-hydrogen) atoms. The average molecular weight is 272 g/mol. The summed E-state index contributed by atoms with van der Waals surface area (Å²) in [6.45, 7) is 0. The summed E-state index contributed by atoms with van der Waals surface area (Å²) in [6, 6.07) is 7.92. The Kier molecular flexibility index (Phi) is 3.49. The minimum Gasteiger partial charge on any atom is -0.480 e. The molecule has 1 aromatic heterocycles. The summed E-state index contributed by atoms with van der Waals surface area (Å²) >= 11 is 0. The van der Waals surface area contributed by atoms with E-state index in [1.807, 2.05) is 12.1 Å². The number of benzene rings is 1. The molecular weight excluding hydrogens is 252 g/mol. The van der Waals surface area contributed by atoms with Gasteiger partial charge in [-0.2, -0.15) is 0 Å². The number of rotatable bonds is 4. The summed E-state index contributed by atoms with van der Waals surface area (Å²) in [5.74, 6) is -0.942. The molecule has 1 aliphatic carbocycles. The molecule has 4 heteroatoms. The zero-order chi connectivity index (χ0) is 14.1. The first kappa shape index (κ1) is 13.2. The molecule has 1 fully saturated rings. The van der Waals surface area contributed by atoms with Crippen LogP contribution in [0.5, 0.6) is 0 Å². The Balaban J connectivity index is 2.01. The Labute approximate surface area is 118 Å². The van der Waals surface area contributed by atoms with Crippen LogP contribution >= 0.6 is 0 Å². The van der Waals surface area contributed by atoms with Gasteiger partial charge in [0.1, 0.15) is 6.04 Å². The Bertz CT molecular complexity index is 626. The number of carboxylic acid groups (broad SMARTS) is 1. The molecule has 0 amide bonds. The molecule has 106 valence electrons. The highest BCUT2D eigenvalue weighted by Gasteiger charge is 2.21. The van der Waals surface area contributed by atoms with E-state index in [1.165, 1.54) is 31.2 Å². The summed E-state index contributed by atoms with van der Waals surface area (Å²) in [4.78, 5) is 11.0. The largest absolute Gasteiger partial charge is 0.480 e. The van der Waals surface area contributed by atoms with Gasteiger partial charge in [-0.05, 0) is 24.5 Å². The van der Waals surface area contributed by atoms with Gasteiger partial charge in [-0.15, -0.1) is 0 Å². The van der Waals surface area contributed by atoms with Gasteiger partial charge in [0.15, 0.2) is 0 Å². The third-order valence-electron chi connectivity index (χ3n) is 4.30. The monoisotopic (exact) mass is 272 g/mol. The molecule has 1 saturated carbocycles. The van der Waals surface area contributed by atoms with Gasteiger partial charge in [-0.25, -0.2) is 0 Å². The summed E-state index contributed by atoms with van der Waals surface area (Å²) in [6.07, 6.45) is 7.48. The first-order chi connectivity index (χ1) is 9.66. The first-order valence-electron chi connectivity index (χ1n) is 7.23. The number of carboxylic acids is 1. The molecule has 3 rings (SSSR count). The summed E-state index contributed by atoms with van der Waals surface area (Å²) < 4.78 is 2.33. The van der Waals surface area contributed by atoms with Crippen molar-refractivity contribution in [3.8, 4) is 0 Å². The number of fused-ring (bicyclic) bond motifs is 1. The maximum Gasteiger partial charge on any atom is 0.320 e. The molecule has 0 bridgehead atoms. The molecule has 0 saturated heterocycles. The molecule has 1 heterocycles. The van der Waals surface area contributed by atoms with Gasteiger partial charge >= 0.3 is 5.97 Å². The fraction of sp³-hybridized carbons (Fsp3) is 0.438. The molecule has 1 unspecified atom stereocenters. The SMILES string of the molecule is NC(Cc1cn(C2CCCC2)c2ccccc12)C(=O)O. The second-order valence-electron chi connectivity index (χ2n) is 5.67. The number of aromatic nitrogens is 1. The number of hydrogen-bond acceptors (Lipinski definition) is 2. The van der Waals surface area contributed by atoms with Gasteiger partial charge in [0.25, 0.3) is 0 Å². The molecule has 0 aliphatic heterocycles. The number of aliphatic carboxylic acids is 1. The molecule has 1 aliphatic rings. The van der Waals surface area contributed by atoms with Crippen LogP contribution in [0.1, 0.15) is 37.3 Å². The summed E-state index contributed by atoms with van der Waals surface area (Å²) in [5.41, 5.74) is 7.94. The van der Waals surface area contributed by atoms with Gasteiger partial charge in [0.05, 0.1) is 0 Å². The van der Waals surface area contributed by atoms with Gasteiger partial charge < -0.3 is 15.4 Å². The van der Waals surface area contributed by atoms with E-state index >= 15 is 0 Å². The average Bonchev–Trinajstić information content (AvgIpc) is 3.06. The van der Waals surface area contributed by atoms with Crippen molar-refractivity contribution in [1.82, 2.24) is 4.57 Å². The lowest BCUT2D eigenvalue weighted by Gasteiger charge is -2.13. The highest BCUT2D eigenvalue weighted by atomic mass is 16.4. The molecule has 2 aromatic rings. The molecule has 0 radical (unpaired) electrons. The van der Waals surface area contributed by atoms with Crippen LogP contribution in [0, 0.1) is 0 Å². The smallest absolute Gasteiger partial charge is 0.320 e. The highest BCUT2D eigenvalue weighted by Crippen LogP contribution is 2.34. The van der Waals surface area contributed by atoms with E-state index in [0.717, 1.165) is 10.9 Å². The third kappa shape index (κ3) is 2.31. The lowest BCUT2D eigenvalue weighted by Crippen LogP contribution is -2.32. The number of nitrogens with two attached hydrogens (primary N) is 1. The quantitative estimate of drug-likeness (QED) is 0.899. The lowest BCUT2D eigenvalue weighted by atomic mass is 10.1. The maximum atomic E-state index is 11.0. The van der Waals surface area contributed by atoms with Crippen molar-refractivity contribution in [2.24, 2.45) is 5.73 Å². The first-order valence-corrected chi connectivity index (χ1v) is 7.23. The fourth-order valence-corrected chi connectivity index (χ4v) is 3.25. The number of hydrogen-bond donors (Lipinski definition) is 2. The molecule has 0 spiro atoms. The maximum absolute atomic E-state index is 11.0. The second kappa shape index (κ2) is 5.29. The van der Waals surface area contributed by atoms with Crippen LogP contribution in [-0.2, 0) is 11.2 Å². The van der Waals surface area contributed by atoms with E-state index in [-0.39, 0.29) is 0 Å². The minimum atomic E-state index is -0.942. The van der Waals surface area contributed by atoms with Crippen molar-refractivity contribution in [2.45, 2.75) is 44.2 Å².